The average molecular weight is 277 g/mol. The molecule has 1 aliphatic rings. The molecule has 1 saturated carbocycles. The van der Waals surface area contributed by atoms with Gasteiger partial charge in [0.05, 0.1) is 7.11 Å². The molecule has 0 heterocycles. The van der Waals surface area contributed by atoms with E-state index >= 15 is 0 Å². The second kappa shape index (κ2) is 6.98. The van der Waals surface area contributed by atoms with Crippen molar-refractivity contribution in [2.45, 2.75) is 58.0 Å². The fraction of sp³-hybridized carbons (Fsp3) is 0.647. The Balaban J connectivity index is 2.01. The molecular formula is C17H27NO2. The van der Waals surface area contributed by atoms with Gasteiger partial charge in [-0.3, -0.25) is 0 Å². The molecule has 2 rings (SSSR count). The highest BCUT2D eigenvalue weighted by Gasteiger charge is 2.22. The Morgan fingerprint density at radius 1 is 1.20 bits per heavy atom. The zero-order valence-electron chi connectivity index (χ0n) is 12.9. The van der Waals surface area contributed by atoms with Crippen LogP contribution in [0.15, 0.2) is 18.2 Å². The van der Waals surface area contributed by atoms with Crippen molar-refractivity contribution in [1.82, 2.24) is 5.32 Å². The van der Waals surface area contributed by atoms with Crippen LogP contribution in [0.5, 0.6) is 11.5 Å². The topological polar surface area (TPSA) is 41.5 Å². The summed E-state index contributed by atoms with van der Waals surface area (Å²) in [6.07, 6.45) is 6.75. The Hall–Kier alpha value is -1.22. The Morgan fingerprint density at radius 3 is 2.55 bits per heavy atom. The van der Waals surface area contributed by atoms with Crippen molar-refractivity contribution in [2.75, 3.05) is 7.11 Å². The number of hydrogen-bond donors (Lipinski definition) is 2. The first kappa shape index (κ1) is 15.2. The third-order valence-electron chi connectivity index (χ3n) is 4.57. The number of aromatic hydroxyl groups is 1. The molecule has 2 unspecified atom stereocenters. The number of methoxy groups -OCH3 is 1. The molecule has 1 aromatic rings. The lowest BCUT2D eigenvalue weighted by atomic mass is 9.84. The van der Waals surface area contributed by atoms with E-state index in [-0.39, 0.29) is 6.04 Å². The maximum Gasteiger partial charge on any atom is 0.120 e. The Kier molecular flexibility index (Phi) is 5.30. The molecule has 1 fully saturated rings. The summed E-state index contributed by atoms with van der Waals surface area (Å²) in [5.41, 5.74) is 0.909. The van der Waals surface area contributed by atoms with E-state index in [1.807, 2.05) is 6.07 Å². The first-order chi connectivity index (χ1) is 9.61. The van der Waals surface area contributed by atoms with Crippen LogP contribution >= 0.6 is 0 Å². The van der Waals surface area contributed by atoms with E-state index in [1.54, 1.807) is 19.2 Å². The number of hydrogen-bond acceptors (Lipinski definition) is 3. The molecule has 112 valence electrons. The largest absolute Gasteiger partial charge is 0.508 e. The van der Waals surface area contributed by atoms with Gasteiger partial charge in [-0.25, -0.2) is 0 Å². The quantitative estimate of drug-likeness (QED) is 0.854. The van der Waals surface area contributed by atoms with E-state index in [4.69, 9.17) is 4.74 Å². The summed E-state index contributed by atoms with van der Waals surface area (Å²) in [4.78, 5) is 0. The molecule has 2 atom stereocenters. The molecule has 3 heteroatoms. The maximum absolute atomic E-state index is 10.0. The van der Waals surface area contributed by atoms with Gasteiger partial charge in [-0.2, -0.15) is 0 Å². The van der Waals surface area contributed by atoms with E-state index in [0.29, 0.717) is 11.8 Å². The third kappa shape index (κ3) is 3.66. The lowest BCUT2D eigenvalue weighted by Crippen LogP contribution is -2.36. The van der Waals surface area contributed by atoms with Crippen molar-refractivity contribution in [3.05, 3.63) is 23.8 Å². The van der Waals surface area contributed by atoms with Crippen LogP contribution in [0.1, 0.15) is 57.6 Å². The minimum atomic E-state index is 0.127. The number of phenols is 1. The summed E-state index contributed by atoms with van der Waals surface area (Å²) < 4.78 is 5.24. The minimum Gasteiger partial charge on any atom is -0.508 e. The van der Waals surface area contributed by atoms with Crippen LogP contribution in [-0.4, -0.2) is 18.3 Å². The molecule has 0 aliphatic heterocycles. The SMILES string of the molecule is COc1ccc(O)c(C(C)NC(C)C2CCCCC2)c1. The summed E-state index contributed by atoms with van der Waals surface area (Å²) in [7, 11) is 1.65. The van der Waals surface area contributed by atoms with E-state index in [2.05, 4.69) is 19.2 Å². The van der Waals surface area contributed by atoms with Crippen LogP contribution in [0, 0.1) is 5.92 Å². The first-order valence-corrected chi connectivity index (χ1v) is 7.74. The van der Waals surface area contributed by atoms with Crippen molar-refractivity contribution < 1.29 is 9.84 Å². The van der Waals surface area contributed by atoms with Crippen LogP contribution < -0.4 is 10.1 Å². The Morgan fingerprint density at radius 2 is 1.90 bits per heavy atom. The summed E-state index contributed by atoms with van der Waals surface area (Å²) >= 11 is 0. The number of rotatable bonds is 5. The van der Waals surface area contributed by atoms with Gasteiger partial charge in [0.15, 0.2) is 0 Å². The van der Waals surface area contributed by atoms with Gasteiger partial charge in [-0.15, -0.1) is 0 Å². The number of phenolic OH excluding ortho intramolecular Hbond substituents is 1. The van der Waals surface area contributed by atoms with Gasteiger partial charge >= 0.3 is 0 Å². The lowest BCUT2D eigenvalue weighted by Gasteiger charge is -2.31. The van der Waals surface area contributed by atoms with Crippen LogP contribution in [-0.2, 0) is 0 Å². The molecule has 20 heavy (non-hydrogen) atoms. The maximum atomic E-state index is 10.0. The standard InChI is InChI=1S/C17H27NO2/c1-12(14-7-5-4-6-8-14)18-13(2)16-11-15(20-3)9-10-17(16)19/h9-14,18-19H,4-8H2,1-3H3. The van der Waals surface area contributed by atoms with Crippen molar-refractivity contribution in [3.63, 3.8) is 0 Å². The van der Waals surface area contributed by atoms with E-state index in [0.717, 1.165) is 17.2 Å². The fourth-order valence-corrected chi connectivity index (χ4v) is 3.26. The van der Waals surface area contributed by atoms with Gasteiger partial charge in [0.2, 0.25) is 0 Å². The second-order valence-corrected chi connectivity index (χ2v) is 6.00. The molecule has 0 spiro atoms. The highest BCUT2D eigenvalue weighted by atomic mass is 16.5. The summed E-state index contributed by atoms with van der Waals surface area (Å²) in [6, 6.07) is 6.02. The summed E-state index contributed by atoms with van der Waals surface area (Å²) in [5, 5.41) is 13.7. The molecule has 0 bridgehead atoms. The zero-order chi connectivity index (χ0) is 14.5. The van der Waals surface area contributed by atoms with Gasteiger partial charge in [0, 0.05) is 17.6 Å². The number of benzene rings is 1. The number of ether oxygens (including phenoxy) is 1. The van der Waals surface area contributed by atoms with Gasteiger partial charge in [-0.1, -0.05) is 19.3 Å². The zero-order valence-corrected chi connectivity index (χ0v) is 12.9. The van der Waals surface area contributed by atoms with Crippen LogP contribution in [0.2, 0.25) is 0 Å². The van der Waals surface area contributed by atoms with Crippen molar-refractivity contribution in [1.29, 1.82) is 0 Å². The molecule has 0 radical (unpaired) electrons. The first-order valence-electron chi connectivity index (χ1n) is 7.74. The molecule has 0 aromatic heterocycles. The predicted octanol–water partition coefficient (Wildman–Crippen LogP) is 4.02. The monoisotopic (exact) mass is 277 g/mol. The smallest absolute Gasteiger partial charge is 0.120 e. The van der Waals surface area contributed by atoms with Gasteiger partial charge in [0.25, 0.3) is 0 Å². The minimum absolute atomic E-state index is 0.127. The van der Waals surface area contributed by atoms with Crippen LogP contribution in [0.25, 0.3) is 0 Å². The van der Waals surface area contributed by atoms with E-state index in [9.17, 15) is 5.11 Å². The highest BCUT2D eigenvalue weighted by molar-refractivity contribution is 5.41. The van der Waals surface area contributed by atoms with Crippen molar-refractivity contribution in [3.8, 4) is 11.5 Å². The molecule has 2 N–H and O–H groups in total. The summed E-state index contributed by atoms with van der Waals surface area (Å²) in [5.74, 6) is 1.89. The van der Waals surface area contributed by atoms with E-state index < -0.39 is 0 Å². The Labute approximate surface area is 122 Å². The number of nitrogens with one attached hydrogen (secondary N) is 1. The molecule has 1 aliphatic carbocycles. The van der Waals surface area contributed by atoms with Crippen LogP contribution in [0.4, 0.5) is 0 Å². The van der Waals surface area contributed by atoms with Crippen LogP contribution in [0.3, 0.4) is 0 Å². The lowest BCUT2D eigenvalue weighted by molar-refractivity contribution is 0.267. The molecule has 3 nitrogen and oxygen atoms in total. The molecule has 0 amide bonds. The normalized spacial score (nSPS) is 19.6. The molecule has 0 saturated heterocycles. The van der Waals surface area contributed by atoms with Gasteiger partial charge in [-0.05, 0) is 50.8 Å². The van der Waals surface area contributed by atoms with Crippen molar-refractivity contribution in [2.24, 2.45) is 5.92 Å². The fourth-order valence-electron chi connectivity index (χ4n) is 3.26. The third-order valence-corrected chi connectivity index (χ3v) is 4.57. The van der Waals surface area contributed by atoms with Gasteiger partial charge < -0.3 is 15.2 Å². The average Bonchev–Trinajstić information content (AvgIpc) is 2.48. The van der Waals surface area contributed by atoms with Gasteiger partial charge in [0.1, 0.15) is 11.5 Å². The van der Waals surface area contributed by atoms with E-state index in [1.165, 1.54) is 32.1 Å². The summed E-state index contributed by atoms with van der Waals surface area (Å²) in [6.45, 7) is 4.37. The second-order valence-electron chi connectivity index (χ2n) is 6.00. The highest BCUT2D eigenvalue weighted by Crippen LogP contribution is 2.31. The molecule has 1 aromatic carbocycles. The predicted molar refractivity (Wildman–Crippen MR) is 82.2 cm³/mol. The Bertz CT molecular complexity index is 427. The molecular weight excluding hydrogens is 250 g/mol. The van der Waals surface area contributed by atoms with Crippen molar-refractivity contribution >= 4 is 0 Å².